The standard InChI is InChI=1S/C22H21ClN4O2/c1-14-7-9-19(10-8-14)25-21(28)22(29)26-24-13-17-11-15(2)27(16(17)3)20-6-4-5-18(23)12-20/h4-13H,1-3H3,(H,25,28)(H,26,29)/b24-13-. The molecule has 0 aliphatic carbocycles. The summed E-state index contributed by atoms with van der Waals surface area (Å²) in [6.45, 7) is 5.86. The topological polar surface area (TPSA) is 75.5 Å². The number of halogens is 1. The van der Waals surface area contributed by atoms with Crippen molar-refractivity contribution in [3.05, 3.63) is 82.1 Å². The molecule has 3 aromatic rings. The molecule has 2 N–H and O–H groups in total. The number of benzene rings is 2. The lowest BCUT2D eigenvalue weighted by Gasteiger charge is -2.09. The number of nitrogens with one attached hydrogen (secondary N) is 2. The number of aromatic nitrogens is 1. The lowest BCUT2D eigenvalue weighted by atomic mass is 10.2. The molecule has 0 saturated heterocycles. The smallest absolute Gasteiger partial charge is 0.318 e. The summed E-state index contributed by atoms with van der Waals surface area (Å²) in [5, 5.41) is 7.10. The van der Waals surface area contributed by atoms with Gasteiger partial charge in [0.1, 0.15) is 0 Å². The maximum atomic E-state index is 12.0. The van der Waals surface area contributed by atoms with E-state index in [9.17, 15) is 9.59 Å². The first-order valence-corrected chi connectivity index (χ1v) is 9.39. The van der Waals surface area contributed by atoms with Crippen LogP contribution >= 0.6 is 11.6 Å². The van der Waals surface area contributed by atoms with Gasteiger partial charge in [0.25, 0.3) is 0 Å². The number of carbonyl (C=O) groups is 2. The van der Waals surface area contributed by atoms with E-state index in [-0.39, 0.29) is 0 Å². The van der Waals surface area contributed by atoms with Crippen LogP contribution in [0, 0.1) is 20.8 Å². The zero-order chi connectivity index (χ0) is 21.0. The van der Waals surface area contributed by atoms with Crippen molar-refractivity contribution >= 4 is 35.3 Å². The average Bonchev–Trinajstić information content (AvgIpc) is 2.97. The van der Waals surface area contributed by atoms with Gasteiger partial charge in [-0.2, -0.15) is 5.10 Å². The molecule has 1 heterocycles. The molecule has 1 aromatic heterocycles. The maximum Gasteiger partial charge on any atom is 0.329 e. The highest BCUT2D eigenvalue weighted by Crippen LogP contribution is 2.22. The SMILES string of the molecule is Cc1ccc(NC(=O)C(=O)N/N=C\c2cc(C)n(-c3cccc(Cl)c3)c2C)cc1. The summed E-state index contributed by atoms with van der Waals surface area (Å²) in [5.41, 5.74) is 7.56. The molecule has 6 nitrogen and oxygen atoms in total. The van der Waals surface area contributed by atoms with Gasteiger partial charge in [-0.3, -0.25) is 9.59 Å². The second-order valence-electron chi connectivity index (χ2n) is 6.66. The van der Waals surface area contributed by atoms with Crippen molar-refractivity contribution in [3.63, 3.8) is 0 Å². The van der Waals surface area contributed by atoms with Gasteiger partial charge in [0.05, 0.1) is 6.21 Å². The number of carbonyl (C=O) groups excluding carboxylic acids is 2. The van der Waals surface area contributed by atoms with Crippen LogP contribution in [0.5, 0.6) is 0 Å². The van der Waals surface area contributed by atoms with E-state index in [4.69, 9.17) is 11.6 Å². The first kappa shape index (κ1) is 20.4. The number of hydrogen-bond acceptors (Lipinski definition) is 3. The summed E-state index contributed by atoms with van der Waals surface area (Å²) in [6, 6.07) is 16.6. The predicted octanol–water partition coefficient (Wildman–Crippen LogP) is 4.14. The molecule has 0 unspecified atom stereocenters. The Morgan fingerprint density at radius 1 is 1.00 bits per heavy atom. The minimum atomic E-state index is -0.842. The largest absolute Gasteiger partial charge is 0.329 e. The Kier molecular flexibility index (Phi) is 6.14. The second-order valence-corrected chi connectivity index (χ2v) is 7.10. The minimum absolute atomic E-state index is 0.546. The molecule has 3 rings (SSSR count). The Morgan fingerprint density at radius 2 is 1.72 bits per heavy atom. The van der Waals surface area contributed by atoms with Crippen molar-refractivity contribution in [2.75, 3.05) is 5.32 Å². The van der Waals surface area contributed by atoms with Crippen LogP contribution in [-0.4, -0.2) is 22.6 Å². The molecule has 0 fully saturated rings. The maximum absolute atomic E-state index is 12.0. The molecular weight excluding hydrogens is 388 g/mol. The van der Waals surface area contributed by atoms with E-state index >= 15 is 0 Å². The van der Waals surface area contributed by atoms with Crippen LogP contribution in [0.2, 0.25) is 5.02 Å². The highest BCUT2D eigenvalue weighted by Gasteiger charge is 2.13. The van der Waals surface area contributed by atoms with Crippen molar-refractivity contribution < 1.29 is 9.59 Å². The third-order valence-corrected chi connectivity index (χ3v) is 4.66. The zero-order valence-corrected chi connectivity index (χ0v) is 17.1. The van der Waals surface area contributed by atoms with E-state index < -0.39 is 11.8 Å². The Balaban J connectivity index is 1.67. The summed E-state index contributed by atoms with van der Waals surface area (Å²) in [5.74, 6) is -1.62. The van der Waals surface area contributed by atoms with Crippen LogP contribution < -0.4 is 10.7 Å². The number of hydrogen-bond donors (Lipinski definition) is 2. The zero-order valence-electron chi connectivity index (χ0n) is 16.4. The highest BCUT2D eigenvalue weighted by atomic mass is 35.5. The molecule has 7 heteroatoms. The van der Waals surface area contributed by atoms with Crippen molar-refractivity contribution in [3.8, 4) is 5.69 Å². The number of nitrogens with zero attached hydrogens (tertiary/aromatic N) is 2. The van der Waals surface area contributed by atoms with E-state index in [1.54, 1.807) is 12.1 Å². The quantitative estimate of drug-likeness (QED) is 0.386. The minimum Gasteiger partial charge on any atom is -0.318 e. The van der Waals surface area contributed by atoms with Crippen LogP contribution in [0.1, 0.15) is 22.5 Å². The van der Waals surface area contributed by atoms with Crippen molar-refractivity contribution in [1.82, 2.24) is 9.99 Å². The summed E-state index contributed by atoms with van der Waals surface area (Å²) in [4.78, 5) is 23.9. The Hall–Kier alpha value is -3.38. The molecule has 0 atom stereocenters. The summed E-state index contributed by atoms with van der Waals surface area (Å²) < 4.78 is 2.04. The third kappa shape index (κ3) is 4.92. The van der Waals surface area contributed by atoms with Gasteiger partial charge in [-0.15, -0.1) is 0 Å². The number of anilines is 1. The number of rotatable bonds is 4. The molecule has 148 valence electrons. The van der Waals surface area contributed by atoms with Gasteiger partial charge in [0.15, 0.2) is 0 Å². The summed E-state index contributed by atoms with van der Waals surface area (Å²) in [6.07, 6.45) is 1.51. The van der Waals surface area contributed by atoms with Gasteiger partial charge in [-0.05, 0) is 57.2 Å². The summed E-state index contributed by atoms with van der Waals surface area (Å²) in [7, 11) is 0. The molecule has 2 aromatic carbocycles. The highest BCUT2D eigenvalue weighted by molar-refractivity contribution is 6.39. The van der Waals surface area contributed by atoms with Crippen LogP contribution in [0.3, 0.4) is 0 Å². The molecule has 29 heavy (non-hydrogen) atoms. The van der Waals surface area contributed by atoms with E-state index in [0.717, 1.165) is 28.2 Å². The normalized spacial score (nSPS) is 10.9. The molecule has 0 saturated carbocycles. The molecule has 0 aliphatic rings. The Morgan fingerprint density at radius 3 is 2.41 bits per heavy atom. The number of amides is 2. The van der Waals surface area contributed by atoms with E-state index in [0.29, 0.717) is 10.7 Å². The third-order valence-electron chi connectivity index (χ3n) is 4.42. The van der Waals surface area contributed by atoms with Gasteiger partial charge in [-0.25, -0.2) is 5.43 Å². The van der Waals surface area contributed by atoms with Gasteiger partial charge in [-0.1, -0.05) is 35.4 Å². The monoisotopic (exact) mass is 408 g/mol. The van der Waals surface area contributed by atoms with Crippen LogP contribution in [0.4, 0.5) is 5.69 Å². The molecule has 2 amide bonds. The molecule has 0 radical (unpaired) electrons. The molecule has 0 spiro atoms. The number of hydrazone groups is 1. The van der Waals surface area contributed by atoms with Crippen LogP contribution in [0.25, 0.3) is 5.69 Å². The Labute approximate surface area is 174 Å². The van der Waals surface area contributed by atoms with Crippen LogP contribution in [0.15, 0.2) is 59.7 Å². The molecular formula is C22H21ClN4O2. The fraction of sp³-hybridized carbons (Fsp3) is 0.136. The average molecular weight is 409 g/mol. The van der Waals surface area contributed by atoms with Crippen molar-refractivity contribution in [2.45, 2.75) is 20.8 Å². The molecule has 0 aliphatic heterocycles. The van der Waals surface area contributed by atoms with E-state index in [1.165, 1.54) is 6.21 Å². The van der Waals surface area contributed by atoms with E-state index in [2.05, 4.69) is 15.8 Å². The first-order valence-electron chi connectivity index (χ1n) is 9.01. The fourth-order valence-electron chi connectivity index (χ4n) is 2.97. The van der Waals surface area contributed by atoms with Crippen molar-refractivity contribution in [1.29, 1.82) is 0 Å². The fourth-order valence-corrected chi connectivity index (χ4v) is 3.15. The van der Waals surface area contributed by atoms with Gasteiger partial charge < -0.3 is 9.88 Å². The number of aryl methyl sites for hydroxylation is 2. The van der Waals surface area contributed by atoms with Crippen molar-refractivity contribution in [2.24, 2.45) is 5.10 Å². The molecule has 0 bridgehead atoms. The second kappa shape index (κ2) is 8.75. The van der Waals surface area contributed by atoms with Gasteiger partial charge in [0, 0.05) is 33.3 Å². The lowest BCUT2D eigenvalue weighted by Crippen LogP contribution is -2.32. The predicted molar refractivity (Wildman–Crippen MR) is 116 cm³/mol. The lowest BCUT2D eigenvalue weighted by molar-refractivity contribution is -0.136. The first-order chi connectivity index (χ1) is 13.8. The summed E-state index contributed by atoms with van der Waals surface area (Å²) >= 11 is 6.09. The van der Waals surface area contributed by atoms with Gasteiger partial charge >= 0.3 is 11.8 Å². The Bertz CT molecular complexity index is 1080. The van der Waals surface area contributed by atoms with Gasteiger partial charge in [0.2, 0.25) is 0 Å². The van der Waals surface area contributed by atoms with E-state index in [1.807, 2.05) is 67.8 Å². The van der Waals surface area contributed by atoms with Crippen LogP contribution in [-0.2, 0) is 9.59 Å².